The Morgan fingerprint density at radius 3 is 2.91 bits per heavy atom. The lowest BCUT2D eigenvalue weighted by Gasteiger charge is -2.07. The van der Waals surface area contributed by atoms with Crippen molar-refractivity contribution in [3.05, 3.63) is 53.4 Å². The van der Waals surface area contributed by atoms with E-state index in [0.29, 0.717) is 11.1 Å². The van der Waals surface area contributed by atoms with E-state index in [1.165, 1.54) is 18.3 Å². The number of halogens is 1. The third kappa shape index (κ3) is 3.10. The van der Waals surface area contributed by atoms with Gasteiger partial charge in [0.05, 0.1) is 0 Å². The molecule has 1 aromatic carbocycles. The van der Waals surface area contributed by atoms with Crippen molar-refractivity contribution in [1.29, 1.82) is 0 Å². The quantitative estimate of drug-likeness (QED) is 0.744. The number of rotatable bonds is 4. The maximum atomic E-state index is 13.6. The van der Waals surface area contributed by atoms with Crippen LogP contribution in [0.5, 0.6) is 0 Å². The molecule has 1 N–H and O–H groups in total. The molecule has 2 heterocycles. The minimum absolute atomic E-state index is 0.119. The van der Waals surface area contributed by atoms with Gasteiger partial charge in [-0.2, -0.15) is 10.1 Å². The standard InChI is InChI=1S/C15H13FN4O3/c1-8-3-4-10(7-11(8)16)13-18-14(23-20-13)9(2)22-15(21)12-5-6-17-19-12/h3-7,9H,1-2H3,(H,17,19)/t9-/m0/s1. The molecular formula is C15H13FN4O3. The number of benzene rings is 1. The summed E-state index contributed by atoms with van der Waals surface area (Å²) in [4.78, 5) is 16.0. The first-order valence-electron chi connectivity index (χ1n) is 6.85. The van der Waals surface area contributed by atoms with Crippen LogP contribution in [0.1, 0.15) is 35.0 Å². The van der Waals surface area contributed by atoms with Crippen molar-refractivity contribution in [2.75, 3.05) is 0 Å². The third-order valence-electron chi connectivity index (χ3n) is 3.22. The third-order valence-corrected chi connectivity index (χ3v) is 3.22. The zero-order valence-corrected chi connectivity index (χ0v) is 12.4. The van der Waals surface area contributed by atoms with Crippen LogP contribution in [0.2, 0.25) is 0 Å². The van der Waals surface area contributed by atoms with Gasteiger partial charge in [0.1, 0.15) is 11.5 Å². The lowest BCUT2D eigenvalue weighted by molar-refractivity contribution is 0.0258. The number of carbonyl (C=O) groups is 1. The topological polar surface area (TPSA) is 93.9 Å². The van der Waals surface area contributed by atoms with E-state index in [1.807, 2.05) is 0 Å². The lowest BCUT2D eigenvalue weighted by atomic mass is 10.1. The normalized spacial score (nSPS) is 12.1. The number of hydrogen-bond donors (Lipinski definition) is 1. The van der Waals surface area contributed by atoms with Gasteiger partial charge in [0.2, 0.25) is 5.82 Å². The smallest absolute Gasteiger partial charge is 0.357 e. The van der Waals surface area contributed by atoms with E-state index in [4.69, 9.17) is 9.26 Å². The first kappa shape index (κ1) is 14.9. The van der Waals surface area contributed by atoms with Crippen LogP contribution >= 0.6 is 0 Å². The monoisotopic (exact) mass is 316 g/mol. The molecule has 0 saturated carbocycles. The van der Waals surface area contributed by atoms with E-state index in [-0.39, 0.29) is 23.2 Å². The van der Waals surface area contributed by atoms with E-state index in [9.17, 15) is 9.18 Å². The summed E-state index contributed by atoms with van der Waals surface area (Å²) < 4.78 is 23.9. The number of aromatic nitrogens is 4. The number of H-pyrrole nitrogens is 1. The number of nitrogens with zero attached hydrogens (tertiary/aromatic N) is 3. The summed E-state index contributed by atoms with van der Waals surface area (Å²) in [5, 5.41) is 9.96. The van der Waals surface area contributed by atoms with Gasteiger partial charge in [0.25, 0.3) is 5.89 Å². The second kappa shape index (κ2) is 5.99. The molecule has 0 fully saturated rings. The van der Waals surface area contributed by atoms with Crippen molar-refractivity contribution in [3.63, 3.8) is 0 Å². The van der Waals surface area contributed by atoms with Gasteiger partial charge < -0.3 is 9.26 Å². The van der Waals surface area contributed by atoms with Gasteiger partial charge in [0.15, 0.2) is 6.10 Å². The van der Waals surface area contributed by atoms with E-state index in [1.54, 1.807) is 26.0 Å². The fraction of sp³-hybridized carbons (Fsp3) is 0.200. The average Bonchev–Trinajstić information content (AvgIpc) is 3.21. The molecule has 7 nitrogen and oxygen atoms in total. The molecule has 0 amide bonds. The van der Waals surface area contributed by atoms with Gasteiger partial charge in [-0.3, -0.25) is 5.10 Å². The average molecular weight is 316 g/mol. The van der Waals surface area contributed by atoms with Gasteiger partial charge in [-0.05, 0) is 31.5 Å². The molecule has 0 aliphatic heterocycles. The van der Waals surface area contributed by atoms with Crippen LogP contribution in [0.25, 0.3) is 11.4 Å². The molecule has 1 atom stereocenters. The minimum atomic E-state index is -0.748. The maximum absolute atomic E-state index is 13.6. The van der Waals surface area contributed by atoms with E-state index < -0.39 is 12.1 Å². The van der Waals surface area contributed by atoms with Gasteiger partial charge in [-0.1, -0.05) is 17.3 Å². The van der Waals surface area contributed by atoms with Gasteiger partial charge in [-0.15, -0.1) is 0 Å². The van der Waals surface area contributed by atoms with Crippen LogP contribution in [-0.2, 0) is 4.74 Å². The zero-order valence-electron chi connectivity index (χ0n) is 12.4. The number of nitrogens with one attached hydrogen (secondary N) is 1. The zero-order chi connectivity index (χ0) is 16.4. The highest BCUT2D eigenvalue weighted by atomic mass is 19.1. The Kier molecular flexibility index (Phi) is 3.88. The van der Waals surface area contributed by atoms with Gasteiger partial charge in [-0.25, -0.2) is 9.18 Å². The summed E-state index contributed by atoms with van der Waals surface area (Å²) in [6.45, 7) is 3.26. The summed E-state index contributed by atoms with van der Waals surface area (Å²) in [5.41, 5.74) is 1.23. The predicted octanol–water partition coefficient (Wildman–Crippen LogP) is 2.83. The first-order chi connectivity index (χ1) is 11.0. The maximum Gasteiger partial charge on any atom is 0.357 e. The Bertz CT molecular complexity index is 829. The van der Waals surface area contributed by atoms with E-state index in [0.717, 1.165) is 0 Å². The molecule has 3 aromatic rings. The van der Waals surface area contributed by atoms with Crippen LogP contribution in [-0.4, -0.2) is 26.3 Å². The van der Waals surface area contributed by atoms with E-state index >= 15 is 0 Å². The van der Waals surface area contributed by atoms with Crippen molar-refractivity contribution >= 4 is 5.97 Å². The summed E-state index contributed by atoms with van der Waals surface area (Å²) in [6, 6.07) is 6.13. The highest BCUT2D eigenvalue weighted by molar-refractivity contribution is 5.87. The SMILES string of the molecule is Cc1ccc(-c2noc([C@H](C)OC(=O)c3ccn[nH]3)n2)cc1F. The lowest BCUT2D eigenvalue weighted by Crippen LogP contribution is -2.10. The number of hydrogen-bond acceptors (Lipinski definition) is 6. The second-order valence-corrected chi connectivity index (χ2v) is 4.94. The van der Waals surface area contributed by atoms with Crippen molar-refractivity contribution in [2.45, 2.75) is 20.0 Å². The van der Waals surface area contributed by atoms with Crippen LogP contribution in [0.4, 0.5) is 4.39 Å². The number of ether oxygens (including phenoxy) is 1. The Labute approximate surface area is 130 Å². The van der Waals surface area contributed by atoms with Crippen LogP contribution in [0.15, 0.2) is 35.0 Å². The molecule has 0 bridgehead atoms. The molecule has 3 rings (SSSR count). The van der Waals surface area contributed by atoms with E-state index in [2.05, 4.69) is 20.3 Å². The predicted molar refractivity (Wildman–Crippen MR) is 76.8 cm³/mol. The number of aryl methyl sites for hydroxylation is 1. The first-order valence-corrected chi connectivity index (χ1v) is 6.85. The fourth-order valence-corrected chi connectivity index (χ4v) is 1.89. The highest BCUT2D eigenvalue weighted by Crippen LogP contribution is 2.22. The Morgan fingerprint density at radius 2 is 2.22 bits per heavy atom. The molecule has 0 saturated heterocycles. The molecule has 0 aliphatic carbocycles. The molecule has 0 aliphatic rings. The molecule has 0 spiro atoms. The molecule has 0 unspecified atom stereocenters. The summed E-state index contributed by atoms with van der Waals surface area (Å²) in [7, 11) is 0. The van der Waals surface area contributed by atoms with Crippen LogP contribution in [0, 0.1) is 12.7 Å². The van der Waals surface area contributed by atoms with Crippen molar-refractivity contribution in [1.82, 2.24) is 20.3 Å². The van der Waals surface area contributed by atoms with Crippen molar-refractivity contribution in [3.8, 4) is 11.4 Å². The van der Waals surface area contributed by atoms with Crippen LogP contribution in [0.3, 0.4) is 0 Å². The van der Waals surface area contributed by atoms with Crippen molar-refractivity contribution in [2.24, 2.45) is 0 Å². The Hall–Kier alpha value is -3.03. The Balaban J connectivity index is 1.75. The molecule has 23 heavy (non-hydrogen) atoms. The number of carbonyl (C=O) groups excluding carboxylic acids is 1. The molecule has 2 aromatic heterocycles. The largest absolute Gasteiger partial charge is 0.448 e. The van der Waals surface area contributed by atoms with Gasteiger partial charge in [0, 0.05) is 11.8 Å². The van der Waals surface area contributed by atoms with Gasteiger partial charge >= 0.3 is 5.97 Å². The van der Waals surface area contributed by atoms with Crippen LogP contribution < -0.4 is 0 Å². The number of aromatic amines is 1. The second-order valence-electron chi connectivity index (χ2n) is 4.94. The molecule has 118 valence electrons. The van der Waals surface area contributed by atoms with Crippen molar-refractivity contribution < 1.29 is 18.4 Å². The minimum Gasteiger partial charge on any atom is -0.448 e. The number of esters is 1. The molecular weight excluding hydrogens is 303 g/mol. The Morgan fingerprint density at radius 1 is 1.39 bits per heavy atom. The molecule has 0 radical (unpaired) electrons. The summed E-state index contributed by atoms with van der Waals surface area (Å²) in [5.74, 6) is -0.596. The highest BCUT2D eigenvalue weighted by Gasteiger charge is 2.21. The summed E-state index contributed by atoms with van der Waals surface area (Å²) >= 11 is 0. The molecule has 8 heteroatoms. The fourth-order valence-electron chi connectivity index (χ4n) is 1.89. The summed E-state index contributed by atoms with van der Waals surface area (Å²) in [6.07, 6.45) is 0.695.